The number of hydrogen-bond acceptors (Lipinski definition) is 3. The fraction of sp³-hybridized carbons (Fsp3) is 0.909. The highest BCUT2D eigenvalue weighted by Crippen LogP contribution is 2.13. The molecule has 0 aromatic rings. The Morgan fingerprint density at radius 1 is 1.33 bits per heavy atom. The second-order valence-corrected chi connectivity index (χ2v) is 4.69. The monoisotopic (exact) mass is 217 g/mol. The standard InChI is InChI=1S/C11H23NO3/c1-11(2,3)12(9-10(13)14)7-5-6-8-15-4/h5-9H2,1-4H3,(H,13,14). The minimum atomic E-state index is -0.767. The van der Waals surface area contributed by atoms with Gasteiger partial charge in [0.05, 0.1) is 6.54 Å². The van der Waals surface area contributed by atoms with Crippen LogP contribution in [-0.4, -0.2) is 48.3 Å². The summed E-state index contributed by atoms with van der Waals surface area (Å²) in [5, 5.41) is 8.78. The van der Waals surface area contributed by atoms with Gasteiger partial charge in [0.15, 0.2) is 0 Å². The molecule has 0 fully saturated rings. The van der Waals surface area contributed by atoms with Crippen LogP contribution in [0.4, 0.5) is 0 Å². The van der Waals surface area contributed by atoms with Crippen LogP contribution in [0.2, 0.25) is 0 Å². The maximum Gasteiger partial charge on any atom is 0.317 e. The average Bonchev–Trinajstić information content (AvgIpc) is 2.08. The molecule has 0 amide bonds. The Morgan fingerprint density at radius 3 is 2.33 bits per heavy atom. The van der Waals surface area contributed by atoms with Gasteiger partial charge in [-0.1, -0.05) is 0 Å². The number of nitrogens with zero attached hydrogens (tertiary/aromatic N) is 1. The van der Waals surface area contributed by atoms with Gasteiger partial charge in [-0.3, -0.25) is 9.69 Å². The molecule has 4 heteroatoms. The van der Waals surface area contributed by atoms with Gasteiger partial charge in [0.1, 0.15) is 0 Å². The highest BCUT2D eigenvalue weighted by molar-refractivity contribution is 5.69. The first-order valence-electron chi connectivity index (χ1n) is 5.33. The molecule has 0 aliphatic rings. The lowest BCUT2D eigenvalue weighted by Gasteiger charge is -2.34. The topological polar surface area (TPSA) is 49.8 Å². The molecule has 0 unspecified atom stereocenters. The third kappa shape index (κ3) is 7.33. The Kier molecular flexibility index (Phi) is 6.52. The zero-order chi connectivity index (χ0) is 11.9. The zero-order valence-corrected chi connectivity index (χ0v) is 10.2. The molecule has 0 atom stereocenters. The highest BCUT2D eigenvalue weighted by atomic mass is 16.5. The summed E-state index contributed by atoms with van der Waals surface area (Å²) >= 11 is 0. The van der Waals surface area contributed by atoms with Gasteiger partial charge >= 0.3 is 5.97 Å². The molecule has 0 aromatic carbocycles. The van der Waals surface area contributed by atoms with Crippen LogP contribution in [0.15, 0.2) is 0 Å². The van der Waals surface area contributed by atoms with Crippen molar-refractivity contribution in [3.05, 3.63) is 0 Å². The summed E-state index contributed by atoms with van der Waals surface area (Å²) in [6.07, 6.45) is 1.95. The third-order valence-corrected chi connectivity index (χ3v) is 2.30. The van der Waals surface area contributed by atoms with Gasteiger partial charge in [0, 0.05) is 19.3 Å². The zero-order valence-electron chi connectivity index (χ0n) is 10.2. The third-order valence-electron chi connectivity index (χ3n) is 2.30. The van der Waals surface area contributed by atoms with Gasteiger partial charge in [-0.25, -0.2) is 0 Å². The highest BCUT2D eigenvalue weighted by Gasteiger charge is 2.22. The van der Waals surface area contributed by atoms with Crippen LogP contribution in [0, 0.1) is 0 Å². The molecular formula is C11H23NO3. The largest absolute Gasteiger partial charge is 0.480 e. The Bertz CT molecular complexity index is 187. The van der Waals surface area contributed by atoms with Crippen molar-refractivity contribution >= 4 is 5.97 Å². The predicted octanol–water partition coefficient (Wildman–Crippen LogP) is 1.60. The molecular weight excluding hydrogens is 194 g/mol. The van der Waals surface area contributed by atoms with Gasteiger partial charge in [0.25, 0.3) is 0 Å². The number of carboxylic acids is 1. The number of carbonyl (C=O) groups is 1. The van der Waals surface area contributed by atoms with Crippen LogP contribution in [0.5, 0.6) is 0 Å². The fourth-order valence-electron chi connectivity index (χ4n) is 1.36. The first-order valence-corrected chi connectivity index (χ1v) is 5.33. The molecule has 0 rings (SSSR count). The maximum absolute atomic E-state index is 10.7. The van der Waals surface area contributed by atoms with Crippen molar-refractivity contribution < 1.29 is 14.6 Å². The van der Waals surface area contributed by atoms with Gasteiger partial charge < -0.3 is 9.84 Å². The molecule has 15 heavy (non-hydrogen) atoms. The van der Waals surface area contributed by atoms with Crippen LogP contribution in [0.3, 0.4) is 0 Å². The van der Waals surface area contributed by atoms with E-state index in [1.165, 1.54) is 0 Å². The van der Waals surface area contributed by atoms with Crippen LogP contribution < -0.4 is 0 Å². The normalized spacial score (nSPS) is 12.1. The Balaban J connectivity index is 3.97. The molecule has 0 aliphatic carbocycles. The smallest absolute Gasteiger partial charge is 0.317 e. The molecule has 0 saturated heterocycles. The molecule has 4 nitrogen and oxygen atoms in total. The molecule has 0 saturated carbocycles. The van der Waals surface area contributed by atoms with E-state index in [9.17, 15) is 4.79 Å². The lowest BCUT2D eigenvalue weighted by atomic mass is 10.1. The minimum absolute atomic E-state index is 0.0918. The van der Waals surface area contributed by atoms with Crippen molar-refractivity contribution in [1.82, 2.24) is 4.90 Å². The average molecular weight is 217 g/mol. The van der Waals surface area contributed by atoms with Crippen LogP contribution >= 0.6 is 0 Å². The maximum atomic E-state index is 10.7. The number of hydrogen-bond donors (Lipinski definition) is 1. The summed E-state index contributed by atoms with van der Waals surface area (Å²) in [6, 6.07) is 0. The van der Waals surface area contributed by atoms with Crippen LogP contribution in [-0.2, 0) is 9.53 Å². The SMILES string of the molecule is COCCCCN(CC(=O)O)C(C)(C)C. The van der Waals surface area contributed by atoms with Crippen molar-refractivity contribution in [2.45, 2.75) is 39.2 Å². The summed E-state index contributed by atoms with van der Waals surface area (Å²) in [4.78, 5) is 12.7. The molecule has 0 spiro atoms. The molecule has 0 radical (unpaired) electrons. The summed E-state index contributed by atoms with van der Waals surface area (Å²) in [5.74, 6) is -0.767. The molecule has 0 aliphatic heterocycles. The molecule has 90 valence electrons. The van der Waals surface area contributed by atoms with Crippen molar-refractivity contribution in [3.8, 4) is 0 Å². The Hall–Kier alpha value is -0.610. The molecule has 1 N–H and O–H groups in total. The minimum Gasteiger partial charge on any atom is -0.480 e. The first kappa shape index (κ1) is 14.4. The Labute approximate surface area is 92.2 Å². The molecule has 0 heterocycles. The number of rotatable bonds is 7. The number of carboxylic acid groups (broad SMARTS) is 1. The number of ether oxygens (including phenoxy) is 1. The van der Waals surface area contributed by atoms with E-state index in [1.54, 1.807) is 7.11 Å². The van der Waals surface area contributed by atoms with Gasteiger partial charge in [-0.05, 0) is 40.2 Å². The van der Waals surface area contributed by atoms with Crippen molar-refractivity contribution in [2.75, 3.05) is 26.8 Å². The lowest BCUT2D eigenvalue weighted by Crippen LogP contribution is -2.44. The number of methoxy groups -OCH3 is 1. The molecule has 0 bridgehead atoms. The van der Waals surface area contributed by atoms with Crippen molar-refractivity contribution in [3.63, 3.8) is 0 Å². The second kappa shape index (κ2) is 6.80. The van der Waals surface area contributed by atoms with E-state index in [0.29, 0.717) is 0 Å². The molecule has 0 aromatic heterocycles. The first-order chi connectivity index (χ1) is 6.88. The lowest BCUT2D eigenvalue weighted by molar-refractivity contribution is -0.139. The van der Waals surface area contributed by atoms with Crippen LogP contribution in [0.1, 0.15) is 33.6 Å². The van der Waals surface area contributed by atoms with Crippen LogP contribution in [0.25, 0.3) is 0 Å². The number of aliphatic carboxylic acids is 1. The van der Waals surface area contributed by atoms with Gasteiger partial charge in [0.2, 0.25) is 0 Å². The van der Waals surface area contributed by atoms with E-state index in [2.05, 4.69) is 0 Å². The summed E-state index contributed by atoms with van der Waals surface area (Å²) in [5.41, 5.74) is -0.0918. The summed E-state index contributed by atoms with van der Waals surface area (Å²) < 4.78 is 4.96. The van der Waals surface area contributed by atoms with E-state index < -0.39 is 5.97 Å². The van der Waals surface area contributed by atoms with Gasteiger partial charge in [-0.2, -0.15) is 0 Å². The van der Waals surface area contributed by atoms with Crippen molar-refractivity contribution in [2.24, 2.45) is 0 Å². The van der Waals surface area contributed by atoms with E-state index in [4.69, 9.17) is 9.84 Å². The Morgan fingerprint density at radius 2 is 1.93 bits per heavy atom. The van der Waals surface area contributed by atoms with E-state index in [-0.39, 0.29) is 12.1 Å². The second-order valence-electron chi connectivity index (χ2n) is 4.69. The van der Waals surface area contributed by atoms with E-state index in [1.807, 2.05) is 25.7 Å². The van der Waals surface area contributed by atoms with Crippen molar-refractivity contribution in [1.29, 1.82) is 0 Å². The quantitative estimate of drug-likeness (QED) is 0.658. The van der Waals surface area contributed by atoms with Gasteiger partial charge in [-0.15, -0.1) is 0 Å². The summed E-state index contributed by atoms with van der Waals surface area (Å²) in [7, 11) is 1.68. The summed E-state index contributed by atoms with van der Waals surface area (Å²) in [6.45, 7) is 7.76. The van der Waals surface area contributed by atoms with E-state index >= 15 is 0 Å². The fourth-order valence-corrected chi connectivity index (χ4v) is 1.36. The van der Waals surface area contributed by atoms with E-state index in [0.717, 1.165) is 26.0 Å². The number of unbranched alkanes of at least 4 members (excludes halogenated alkanes) is 1. The predicted molar refractivity (Wildman–Crippen MR) is 60.1 cm³/mol.